The second-order valence-corrected chi connectivity index (χ2v) is 12.2. The van der Waals surface area contributed by atoms with Gasteiger partial charge < -0.3 is 30.7 Å². The normalized spacial score (nSPS) is 17.4. The Morgan fingerprint density at radius 1 is 0.851 bits per heavy atom. The molecule has 0 spiro atoms. The van der Waals surface area contributed by atoms with Crippen molar-refractivity contribution in [1.82, 2.24) is 36.2 Å². The molecule has 6 rings (SSSR count). The van der Waals surface area contributed by atoms with E-state index in [1.165, 1.54) is 0 Å². The summed E-state index contributed by atoms with van der Waals surface area (Å²) in [6.07, 6.45) is 3.49. The average Bonchev–Trinajstić information content (AvgIpc) is 3.71. The van der Waals surface area contributed by atoms with Crippen LogP contribution in [0.15, 0.2) is 54.7 Å². The van der Waals surface area contributed by atoms with Gasteiger partial charge in [-0.05, 0) is 12.5 Å². The highest BCUT2D eigenvalue weighted by Crippen LogP contribution is 2.42. The smallest absolute Gasteiger partial charge is 0.237 e. The van der Waals surface area contributed by atoms with Crippen LogP contribution in [0, 0.1) is 0 Å². The minimum absolute atomic E-state index is 0.0468. The molecule has 2 saturated heterocycles. The van der Waals surface area contributed by atoms with E-state index in [4.69, 9.17) is 42.6 Å². The third-order valence-corrected chi connectivity index (χ3v) is 9.12. The molecule has 4 aromatic rings. The van der Waals surface area contributed by atoms with Gasteiger partial charge in [-0.25, -0.2) is 9.97 Å². The highest BCUT2D eigenvalue weighted by atomic mass is 35.5. The molecule has 2 aliphatic heterocycles. The van der Waals surface area contributed by atoms with Gasteiger partial charge in [-0.3, -0.25) is 14.6 Å². The monoisotopic (exact) mass is 675 g/mol. The molecule has 0 saturated carbocycles. The van der Waals surface area contributed by atoms with Gasteiger partial charge in [0.1, 0.15) is 5.69 Å². The summed E-state index contributed by atoms with van der Waals surface area (Å²) in [7, 11) is 3.14. The number of carbonyl (C=O) groups excluding carboxylic acids is 2. The van der Waals surface area contributed by atoms with Crippen molar-refractivity contribution >= 4 is 35.0 Å². The van der Waals surface area contributed by atoms with E-state index in [0.29, 0.717) is 83.5 Å². The second kappa shape index (κ2) is 14.6. The highest BCUT2D eigenvalue weighted by molar-refractivity contribution is 6.39. The third-order valence-electron chi connectivity index (χ3n) is 8.30. The summed E-state index contributed by atoms with van der Waals surface area (Å²) in [5.74, 6) is 0.994. The van der Waals surface area contributed by atoms with E-state index >= 15 is 0 Å². The standard InChI is InChI=1S/C34H35Cl2N7O4/c1-46-33-19(14-38-21-13-30(45)40-16-21)9-11-26(42-33)24-7-3-5-22(31(24)35)23-6-4-8-25(32(23)36)27-18-39-28(34(43-27)47-2)17-37-15-20-10-12-29(44)41-20/h3-9,11,18,20-21,37-38H,10,12-17H2,1-2H3,(H,40,45)(H,41,44)/t20-,21+/m0/s1. The number of halogens is 2. The molecule has 4 N–H and O–H groups in total. The number of pyridine rings is 1. The molecule has 11 nitrogen and oxygen atoms in total. The van der Waals surface area contributed by atoms with E-state index in [2.05, 4.69) is 26.3 Å². The number of aromatic nitrogens is 3. The summed E-state index contributed by atoms with van der Waals surface area (Å²) < 4.78 is 11.2. The summed E-state index contributed by atoms with van der Waals surface area (Å²) in [5.41, 5.74) is 5.61. The molecule has 2 aliphatic rings. The molecule has 2 fully saturated rings. The molecule has 0 unspecified atom stereocenters. The largest absolute Gasteiger partial charge is 0.481 e. The lowest BCUT2D eigenvalue weighted by atomic mass is 9.98. The molecule has 2 amide bonds. The van der Waals surface area contributed by atoms with Gasteiger partial charge in [0.15, 0.2) is 0 Å². The number of carbonyl (C=O) groups is 2. The summed E-state index contributed by atoms with van der Waals surface area (Å²) in [6, 6.07) is 15.5. The van der Waals surface area contributed by atoms with Gasteiger partial charge in [-0.2, -0.15) is 0 Å². The fourth-order valence-electron chi connectivity index (χ4n) is 5.82. The minimum atomic E-state index is 0.0468. The summed E-state index contributed by atoms with van der Waals surface area (Å²) >= 11 is 14.1. The summed E-state index contributed by atoms with van der Waals surface area (Å²) in [6.45, 7) is 2.19. The molecule has 47 heavy (non-hydrogen) atoms. The molecule has 244 valence electrons. The lowest BCUT2D eigenvalue weighted by Crippen LogP contribution is -2.35. The van der Waals surface area contributed by atoms with Crippen molar-refractivity contribution in [3.05, 3.63) is 76.0 Å². The van der Waals surface area contributed by atoms with Gasteiger partial charge >= 0.3 is 0 Å². The van der Waals surface area contributed by atoms with Crippen LogP contribution in [0.4, 0.5) is 0 Å². The number of benzene rings is 2. The average molecular weight is 677 g/mol. The number of hydrogen-bond donors (Lipinski definition) is 4. The first-order valence-corrected chi connectivity index (χ1v) is 16.1. The zero-order valence-corrected chi connectivity index (χ0v) is 27.5. The Balaban J connectivity index is 1.22. The van der Waals surface area contributed by atoms with E-state index in [1.807, 2.05) is 48.5 Å². The van der Waals surface area contributed by atoms with E-state index in [9.17, 15) is 9.59 Å². The SMILES string of the molecule is COc1nc(-c2cccc(-c3cccc(-c4cnc(CNC[C@@H]5CCC(=O)N5)c(OC)n4)c3Cl)c2Cl)ccc1CN[C@H]1CNC(=O)C1. The molecule has 0 aliphatic carbocycles. The summed E-state index contributed by atoms with van der Waals surface area (Å²) in [4.78, 5) is 37.1. The van der Waals surface area contributed by atoms with Crippen LogP contribution in [0.5, 0.6) is 11.8 Å². The maximum absolute atomic E-state index is 11.5. The fourth-order valence-corrected chi connectivity index (χ4v) is 6.47. The van der Waals surface area contributed by atoms with Gasteiger partial charge in [0.25, 0.3) is 0 Å². The van der Waals surface area contributed by atoms with Crippen LogP contribution in [-0.2, 0) is 22.7 Å². The Labute approximate surface area is 282 Å². The predicted molar refractivity (Wildman–Crippen MR) is 180 cm³/mol. The quantitative estimate of drug-likeness (QED) is 0.170. The van der Waals surface area contributed by atoms with Crippen LogP contribution in [0.3, 0.4) is 0 Å². The lowest BCUT2D eigenvalue weighted by molar-refractivity contribution is -0.120. The van der Waals surface area contributed by atoms with Crippen molar-refractivity contribution in [2.24, 2.45) is 0 Å². The first-order chi connectivity index (χ1) is 22.8. The maximum atomic E-state index is 11.5. The number of ether oxygens (including phenoxy) is 2. The number of nitrogens with zero attached hydrogens (tertiary/aromatic N) is 3. The Morgan fingerprint density at radius 2 is 1.53 bits per heavy atom. The number of hydrogen-bond acceptors (Lipinski definition) is 9. The first-order valence-electron chi connectivity index (χ1n) is 15.4. The highest BCUT2D eigenvalue weighted by Gasteiger charge is 2.23. The van der Waals surface area contributed by atoms with Crippen molar-refractivity contribution in [2.45, 2.75) is 44.4 Å². The van der Waals surface area contributed by atoms with Crippen LogP contribution in [0.2, 0.25) is 10.0 Å². The number of nitrogens with one attached hydrogen (secondary N) is 4. The minimum Gasteiger partial charge on any atom is -0.481 e. The van der Waals surface area contributed by atoms with Crippen LogP contribution < -0.4 is 30.7 Å². The summed E-state index contributed by atoms with van der Waals surface area (Å²) in [5, 5.41) is 13.5. The van der Waals surface area contributed by atoms with Crippen molar-refractivity contribution in [2.75, 3.05) is 27.3 Å². The maximum Gasteiger partial charge on any atom is 0.237 e. The Kier molecular flexibility index (Phi) is 10.2. The van der Waals surface area contributed by atoms with Gasteiger partial charge in [-0.15, -0.1) is 0 Å². The molecular weight excluding hydrogens is 641 g/mol. The van der Waals surface area contributed by atoms with Crippen LogP contribution in [0.25, 0.3) is 33.6 Å². The van der Waals surface area contributed by atoms with Crippen LogP contribution in [0.1, 0.15) is 30.5 Å². The topological polar surface area (TPSA) is 139 Å². The Bertz CT molecular complexity index is 1800. The molecule has 13 heteroatoms. The molecule has 2 atom stereocenters. The fraction of sp³-hybridized carbons (Fsp3) is 0.324. The molecule has 0 radical (unpaired) electrons. The van der Waals surface area contributed by atoms with E-state index < -0.39 is 0 Å². The molecule has 0 bridgehead atoms. The van der Waals surface area contributed by atoms with E-state index in [1.54, 1.807) is 20.4 Å². The zero-order chi connectivity index (χ0) is 32.9. The van der Waals surface area contributed by atoms with Gasteiger partial charge in [-0.1, -0.05) is 65.7 Å². The lowest BCUT2D eigenvalue weighted by Gasteiger charge is -2.16. The van der Waals surface area contributed by atoms with Gasteiger partial charge in [0.05, 0.1) is 41.8 Å². The number of rotatable bonds is 12. The first kappa shape index (κ1) is 32.6. The number of methoxy groups -OCH3 is 2. The van der Waals surface area contributed by atoms with Crippen molar-refractivity contribution in [3.8, 4) is 45.4 Å². The van der Waals surface area contributed by atoms with Gasteiger partial charge in [0.2, 0.25) is 23.6 Å². The van der Waals surface area contributed by atoms with E-state index in [-0.39, 0.29) is 23.9 Å². The van der Waals surface area contributed by atoms with Crippen LogP contribution in [-0.4, -0.2) is 66.2 Å². The number of amides is 2. The molecule has 2 aromatic heterocycles. The third kappa shape index (κ3) is 7.33. The van der Waals surface area contributed by atoms with Gasteiger partial charge in [0, 0.05) is 78.9 Å². The van der Waals surface area contributed by atoms with Crippen molar-refractivity contribution in [1.29, 1.82) is 0 Å². The van der Waals surface area contributed by atoms with E-state index in [0.717, 1.165) is 28.7 Å². The molecule has 2 aromatic carbocycles. The van der Waals surface area contributed by atoms with Crippen molar-refractivity contribution < 1.29 is 19.1 Å². The zero-order valence-electron chi connectivity index (χ0n) is 26.0. The van der Waals surface area contributed by atoms with Crippen molar-refractivity contribution in [3.63, 3.8) is 0 Å². The molecular formula is C34H35Cl2N7O4. The predicted octanol–water partition coefficient (Wildman–Crippen LogP) is 4.54. The Hall–Kier alpha value is -4.29. The molecule has 4 heterocycles. The second-order valence-electron chi connectivity index (χ2n) is 11.4. The van der Waals surface area contributed by atoms with Crippen LogP contribution >= 0.6 is 23.2 Å². The Morgan fingerprint density at radius 3 is 2.17 bits per heavy atom.